The minimum Gasteiger partial charge on any atom is -0.381 e. The first-order chi connectivity index (χ1) is 14.9. The Bertz CT molecular complexity index is 1210. The van der Waals surface area contributed by atoms with Gasteiger partial charge in [0.25, 0.3) is 11.5 Å². The van der Waals surface area contributed by atoms with Gasteiger partial charge in [0.15, 0.2) is 5.82 Å². The van der Waals surface area contributed by atoms with Crippen LogP contribution in [0.5, 0.6) is 0 Å². The lowest BCUT2D eigenvalue weighted by molar-refractivity contribution is 0.0957. The van der Waals surface area contributed by atoms with Crippen LogP contribution < -0.4 is 16.2 Å². The molecule has 2 aromatic heterocycles. The van der Waals surface area contributed by atoms with Gasteiger partial charge in [0, 0.05) is 44.7 Å². The van der Waals surface area contributed by atoms with Crippen molar-refractivity contribution in [3.05, 3.63) is 63.3 Å². The molecule has 162 valence electrons. The van der Waals surface area contributed by atoms with Crippen LogP contribution in [0, 0.1) is 24.6 Å². The Hall–Kier alpha value is -3.40. The summed E-state index contributed by atoms with van der Waals surface area (Å²) in [5.74, 6) is -1.37. The van der Waals surface area contributed by atoms with E-state index in [0.717, 1.165) is 13.1 Å². The number of nitrogens with one attached hydrogen (secondary N) is 3. The Kier molecular flexibility index (Phi) is 5.64. The third kappa shape index (κ3) is 4.24. The Balaban J connectivity index is 1.33. The number of carbonyl (C=O) groups excluding carboxylic acids is 1. The van der Waals surface area contributed by atoms with Crippen molar-refractivity contribution in [2.45, 2.75) is 13.5 Å². The maximum atomic E-state index is 14.8. The van der Waals surface area contributed by atoms with Gasteiger partial charge in [-0.15, -0.1) is 0 Å². The lowest BCUT2D eigenvalue weighted by Crippen LogP contribution is -2.48. The molecule has 1 aliphatic heterocycles. The van der Waals surface area contributed by atoms with Gasteiger partial charge < -0.3 is 15.6 Å². The number of pyridine rings is 1. The zero-order valence-corrected chi connectivity index (χ0v) is 17.1. The molecule has 0 aliphatic carbocycles. The SMILES string of the molecule is CNC(=O)c1ccc(NCC2CN(Cc3ccc4nc(C)c(=O)[nH]c4c3F)C2)c(F)n1. The average Bonchev–Trinajstić information content (AvgIpc) is 2.72. The van der Waals surface area contributed by atoms with Gasteiger partial charge in [0.1, 0.15) is 16.9 Å². The largest absolute Gasteiger partial charge is 0.381 e. The minimum atomic E-state index is -0.728. The van der Waals surface area contributed by atoms with Crippen LogP contribution in [0.25, 0.3) is 11.0 Å². The predicted molar refractivity (Wildman–Crippen MR) is 112 cm³/mol. The molecule has 8 nitrogen and oxygen atoms in total. The number of anilines is 1. The van der Waals surface area contributed by atoms with Crippen molar-refractivity contribution in [1.82, 2.24) is 25.2 Å². The van der Waals surface area contributed by atoms with Gasteiger partial charge in [-0.3, -0.25) is 14.5 Å². The summed E-state index contributed by atoms with van der Waals surface area (Å²) in [4.78, 5) is 35.7. The van der Waals surface area contributed by atoms with E-state index < -0.39 is 23.2 Å². The number of nitrogens with zero attached hydrogens (tertiary/aromatic N) is 3. The molecule has 1 aliphatic rings. The average molecular weight is 428 g/mol. The lowest BCUT2D eigenvalue weighted by atomic mass is 9.99. The van der Waals surface area contributed by atoms with Crippen molar-refractivity contribution in [3.63, 3.8) is 0 Å². The number of hydrogen-bond acceptors (Lipinski definition) is 6. The van der Waals surface area contributed by atoms with Gasteiger partial charge in [0.05, 0.1) is 11.2 Å². The van der Waals surface area contributed by atoms with Crippen molar-refractivity contribution in [1.29, 1.82) is 0 Å². The second-order valence-electron chi connectivity index (χ2n) is 7.64. The fraction of sp³-hybridized carbons (Fsp3) is 0.333. The smallest absolute Gasteiger partial charge is 0.269 e. The number of aromatic nitrogens is 3. The van der Waals surface area contributed by atoms with Gasteiger partial charge in [-0.25, -0.2) is 14.4 Å². The van der Waals surface area contributed by atoms with E-state index in [9.17, 15) is 18.4 Å². The van der Waals surface area contributed by atoms with E-state index in [1.165, 1.54) is 19.2 Å². The maximum Gasteiger partial charge on any atom is 0.269 e. The number of aryl methyl sites for hydroxylation is 1. The molecule has 3 heterocycles. The molecule has 0 spiro atoms. The first kappa shape index (κ1) is 20.9. The van der Waals surface area contributed by atoms with Gasteiger partial charge in [0.2, 0.25) is 5.95 Å². The molecule has 3 aromatic rings. The minimum absolute atomic E-state index is 0.0180. The molecule has 3 N–H and O–H groups in total. The highest BCUT2D eigenvalue weighted by Crippen LogP contribution is 2.24. The van der Waals surface area contributed by atoms with E-state index >= 15 is 0 Å². The predicted octanol–water partition coefficient (Wildman–Crippen LogP) is 1.81. The number of H-pyrrole nitrogens is 1. The summed E-state index contributed by atoms with van der Waals surface area (Å²) in [6.45, 7) is 3.96. The van der Waals surface area contributed by atoms with Crippen LogP contribution in [0.15, 0.2) is 29.1 Å². The topological polar surface area (TPSA) is 103 Å². The zero-order valence-electron chi connectivity index (χ0n) is 17.1. The highest BCUT2D eigenvalue weighted by Gasteiger charge is 2.27. The monoisotopic (exact) mass is 428 g/mol. The molecule has 10 heteroatoms. The van der Waals surface area contributed by atoms with Crippen LogP contribution in [-0.2, 0) is 6.54 Å². The fourth-order valence-corrected chi connectivity index (χ4v) is 3.63. The molecule has 4 rings (SSSR count). The molecule has 1 amide bonds. The van der Waals surface area contributed by atoms with E-state index in [1.807, 2.05) is 0 Å². The molecule has 0 atom stereocenters. The number of amides is 1. The molecule has 1 fully saturated rings. The van der Waals surface area contributed by atoms with Gasteiger partial charge in [-0.2, -0.15) is 4.39 Å². The van der Waals surface area contributed by atoms with Crippen LogP contribution in [-0.4, -0.2) is 52.4 Å². The van der Waals surface area contributed by atoms with E-state index in [4.69, 9.17) is 0 Å². The third-order valence-corrected chi connectivity index (χ3v) is 5.37. The quantitative estimate of drug-likeness (QED) is 0.518. The van der Waals surface area contributed by atoms with E-state index in [1.54, 1.807) is 19.1 Å². The molecule has 1 aromatic carbocycles. The Labute approximate surface area is 176 Å². The van der Waals surface area contributed by atoms with Crippen molar-refractivity contribution in [3.8, 4) is 0 Å². The molecular formula is C21H22F2N6O2. The Morgan fingerprint density at radius 3 is 2.71 bits per heavy atom. The second kappa shape index (κ2) is 8.38. The molecule has 0 unspecified atom stereocenters. The highest BCUT2D eigenvalue weighted by molar-refractivity contribution is 5.92. The standard InChI is InChI=1S/C21H22F2N6O2/c1-11-20(30)28-18-14(26-11)4-3-13(17(18)22)10-29-8-12(9-29)7-25-15-5-6-16(21(31)24-2)27-19(15)23/h3-6,12,25H,7-10H2,1-2H3,(H,24,31)(H,28,30). The summed E-state index contributed by atoms with van der Waals surface area (Å²) in [6, 6.07) is 6.33. The number of rotatable bonds is 6. The number of benzene rings is 1. The summed E-state index contributed by atoms with van der Waals surface area (Å²) in [5, 5.41) is 5.41. The van der Waals surface area contributed by atoms with Crippen molar-refractivity contribution in [2.24, 2.45) is 5.92 Å². The summed E-state index contributed by atoms with van der Waals surface area (Å²) >= 11 is 0. The van der Waals surface area contributed by atoms with Crippen molar-refractivity contribution in [2.75, 3.05) is 32.0 Å². The Morgan fingerprint density at radius 1 is 1.23 bits per heavy atom. The first-order valence-electron chi connectivity index (χ1n) is 9.88. The third-order valence-electron chi connectivity index (χ3n) is 5.37. The summed E-state index contributed by atoms with van der Waals surface area (Å²) in [7, 11) is 1.46. The number of hydrogen-bond donors (Lipinski definition) is 3. The Morgan fingerprint density at radius 2 is 2.00 bits per heavy atom. The molecule has 0 bridgehead atoms. The van der Waals surface area contributed by atoms with E-state index in [0.29, 0.717) is 29.9 Å². The van der Waals surface area contributed by atoms with Crippen LogP contribution in [0.2, 0.25) is 0 Å². The van der Waals surface area contributed by atoms with Gasteiger partial charge >= 0.3 is 0 Å². The van der Waals surface area contributed by atoms with Gasteiger partial charge in [-0.1, -0.05) is 6.07 Å². The lowest BCUT2D eigenvalue weighted by Gasteiger charge is -2.39. The van der Waals surface area contributed by atoms with Gasteiger partial charge in [-0.05, 0) is 25.1 Å². The first-order valence-corrected chi connectivity index (χ1v) is 9.88. The molecule has 0 radical (unpaired) electrons. The van der Waals surface area contributed by atoms with Crippen LogP contribution in [0.1, 0.15) is 21.7 Å². The maximum absolute atomic E-state index is 14.8. The normalized spacial score (nSPS) is 14.5. The van der Waals surface area contributed by atoms with E-state index in [2.05, 4.69) is 30.5 Å². The number of carbonyl (C=O) groups is 1. The van der Waals surface area contributed by atoms with Crippen molar-refractivity contribution >= 4 is 22.6 Å². The summed E-state index contributed by atoms with van der Waals surface area (Å²) in [6.07, 6.45) is 0. The van der Waals surface area contributed by atoms with Crippen molar-refractivity contribution < 1.29 is 13.6 Å². The molecule has 1 saturated heterocycles. The van der Waals surface area contributed by atoms with Crippen LogP contribution in [0.4, 0.5) is 14.5 Å². The highest BCUT2D eigenvalue weighted by atomic mass is 19.1. The number of aromatic amines is 1. The molecule has 0 saturated carbocycles. The van der Waals surface area contributed by atoms with Crippen LogP contribution in [0.3, 0.4) is 0 Å². The van der Waals surface area contributed by atoms with Crippen LogP contribution >= 0.6 is 0 Å². The number of halogens is 2. The summed E-state index contributed by atoms with van der Waals surface area (Å²) < 4.78 is 28.9. The second-order valence-corrected chi connectivity index (χ2v) is 7.64. The summed E-state index contributed by atoms with van der Waals surface area (Å²) in [5.41, 5.74) is 1.18. The fourth-order valence-electron chi connectivity index (χ4n) is 3.63. The number of likely N-dealkylation sites (tertiary alicyclic amines) is 1. The molecule has 31 heavy (non-hydrogen) atoms. The zero-order chi connectivity index (χ0) is 22.1. The van der Waals surface area contributed by atoms with E-state index in [-0.39, 0.29) is 22.8 Å². The molecular weight excluding hydrogens is 406 g/mol. The number of fused-ring (bicyclic) bond motifs is 1.